The molecule has 0 bridgehead atoms. The molecule has 4 nitrogen and oxygen atoms in total. The summed E-state index contributed by atoms with van der Waals surface area (Å²) in [7, 11) is 2.13. The second-order valence-electron chi connectivity index (χ2n) is 4.56. The minimum absolute atomic E-state index is 0.302. The average Bonchev–Trinajstić information content (AvgIpc) is 2.37. The van der Waals surface area contributed by atoms with Crippen molar-refractivity contribution in [2.45, 2.75) is 32.7 Å². The Kier molecular flexibility index (Phi) is 7.37. The summed E-state index contributed by atoms with van der Waals surface area (Å²) in [6.45, 7) is 5.24. The highest BCUT2D eigenvalue weighted by Gasteiger charge is 2.05. The molecule has 1 aromatic rings. The lowest BCUT2D eigenvalue weighted by Gasteiger charge is -2.18. The summed E-state index contributed by atoms with van der Waals surface area (Å²) in [5, 5.41) is 12.0. The number of pyridine rings is 1. The molecule has 0 saturated heterocycles. The molecule has 1 aromatic heterocycles. The number of rotatable bonds is 9. The van der Waals surface area contributed by atoms with Crippen LogP contribution < -0.4 is 5.32 Å². The first-order valence-electron chi connectivity index (χ1n) is 6.75. The third-order valence-electron chi connectivity index (χ3n) is 2.87. The topological polar surface area (TPSA) is 48.4 Å². The quantitative estimate of drug-likeness (QED) is 0.660. The van der Waals surface area contributed by atoms with Crippen LogP contribution in [0.3, 0.4) is 0 Å². The standard InChI is InChI=1S/C14H25N3O/c1-3-15-14-13(8-7-9-16-14)12-17(2)10-5-4-6-11-18/h7-9,18H,3-6,10-12H2,1-2H3,(H,15,16). The minimum Gasteiger partial charge on any atom is -0.396 e. The van der Waals surface area contributed by atoms with E-state index in [-0.39, 0.29) is 0 Å². The Hall–Kier alpha value is -1.13. The molecule has 4 heteroatoms. The van der Waals surface area contributed by atoms with Gasteiger partial charge < -0.3 is 15.3 Å². The van der Waals surface area contributed by atoms with E-state index < -0.39 is 0 Å². The van der Waals surface area contributed by atoms with E-state index in [4.69, 9.17) is 5.11 Å². The van der Waals surface area contributed by atoms with Gasteiger partial charge in [0.25, 0.3) is 0 Å². The van der Waals surface area contributed by atoms with E-state index in [1.807, 2.05) is 12.3 Å². The average molecular weight is 251 g/mol. The van der Waals surface area contributed by atoms with Gasteiger partial charge in [0.1, 0.15) is 5.82 Å². The molecule has 0 aliphatic heterocycles. The van der Waals surface area contributed by atoms with Crippen molar-refractivity contribution in [1.82, 2.24) is 9.88 Å². The van der Waals surface area contributed by atoms with Crippen LogP contribution in [0, 0.1) is 0 Å². The normalized spacial score (nSPS) is 10.9. The summed E-state index contributed by atoms with van der Waals surface area (Å²) in [6.07, 6.45) is 4.95. The third kappa shape index (κ3) is 5.47. The maximum atomic E-state index is 8.73. The van der Waals surface area contributed by atoms with Gasteiger partial charge in [-0.05, 0) is 45.8 Å². The molecule has 0 aromatic carbocycles. The zero-order chi connectivity index (χ0) is 13.2. The fraction of sp³-hybridized carbons (Fsp3) is 0.643. The van der Waals surface area contributed by atoms with Gasteiger partial charge in [-0.15, -0.1) is 0 Å². The molecule has 0 radical (unpaired) electrons. The summed E-state index contributed by atoms with van der Waals surface area (Å²) in [5.74, 6) is 0.988. The Bertz CT molecular complexity index is 331. The van der Waals surface area contributed by atoms with Crippen molar-refractivity contribution in [1.29, 1.82) is 0 Å². The lowest BCUT2D eigenvalue weighted by atomic mass is 10.2. The van der Waals surface area contributed by atoms with Gasteiger partial charge >= 0.3 is 0 Å². The molecule has 0 fully saturated rings. The molecule has 18 heavy (non-hydrogen) atoms. The number of anilines is 1. The zero-order valence-electron chi connectivity index (χ0n) is 11.5. The van der Waals surface area contributed by atoms with Crippen molar-refractivity contribution < 1.29 is 5.11 Å². The van der Waals surface area contributed by atoms with Gasteiger partial charge in [0.2, 0.25) is 0 Å². The molecule has 0 aliphatic rings. The first kappa shape index (κ1) is 14.9. The molecule has 0 unspecified atom stereocenters. The van der Waals surface area contributed by atoms with Crippen LogP contribution in [0.2, 0.25) is 0 Å². The maximum absolute atomic E-state index is 8.73. The number of hydrogen-bond acceptors (Lipinski definition) is 4. The predicted molar refractivity (Wildman–Crippen MR) is 75.7 cm³/mol. The highest BCUT2D eigenvalue weighted by atomic mass is 16.2. The number of aromatic nitrogens is 1. The van der Waals surface area contributed by atoms with Crippen LogP contribution in [0.4, 0.5) is 5.82 Å². The van der Waals surface area contributed by atoms with Crippen molar-refractivity contribution in [3.05, 3.63) is 23.9 Å². The molecule has 0 aliphatic carbocycles. The van der Waals surface area contributed by atoms with Crippen molar-refractivity contribution in [3.8, 4) is 0 Å². The van der Waals surface area contributed by atoms with Gasteiger partial charge in [0, 0.05) is 31.5 Å². The fourth-order valence-electron chi connectivity index (χ4n) is 1.93. The van der Waals surface area contributed by atoms with Crippen LogP contribution in [-0.2, 0) is 6.54 Å². The first-order valence-corrected chi connectivity index (χ1v) is 6.75. The molecule has 1 heterocycles. The largest absolute Gasteiger partial charge is 0.396 e. The second-order valence-corrected chi connectivity index (χ2v) is 4.56. The van der Waals surface area contributed by atoms with Crippen LogP contribution >= 0.6 is 0 Å². The van der Waals surface area contributed by atoms with Crippen LogP contribution in [-0.4, -0.2) is 41.7 Å². The molecule has 0 atom stereocenters. The number of nitrogens with zero attached hydrogens (tertiary/aromatic N) is 2. The van der Waals surface area contributed by atoms with E-state index >= 15 is 0 Å². The fourth-order valence-corrected chi connectivity index (χ4v) is 1.93. The Balaban J connectivity index is 2.40. The van der Waals surface area contributed by atoms with Crippen LogP contribution in [0.1, 0.15) is 31.7 Å². The van der Waals surface area contributed by atoms with E-state index in [0.29, 0.717) is 6.61 Å². The number of nitrogens with one attached hydrogen (secondary N) is 1. The van der Waals surface area contributed by atoms with Gasteiger partial charge in [-0.2, -0.15) is 0 Å². The number of aliphatic hydroxyl groups is 1. The van der Waals surface area contributed by atoms with Gasteiger partial charge in [0.05, 0.1) is 0 Å². The number of unbranched alkanes of at least 4 members (excludes halogenated alkanes) is 2. The van der Waals surface area contributed by atoms with E-state index in [1.165, 1.54) is 5.56 Å². The van der Waals surface area contributed by atoms with Gasteiger partial charge in [-0.1, -0.05) is 6.07 Å². The van der Waals surface area contributed by atoms with E-state index in [0.717, 1.165) is 44.7 Å². The molecule has 2 N–H and O–H groups in total. The van der Waals surface area contributed by atoms with Crippen molar-refractivity contribution in [2.75, 3.05) is 32.1 Å². The predicted octanol–water partition coefficient (Wildman–Crippen LogP) is 2.11. The van der Waals surface area contributed by atoms with E-state index in [9.17, 15) is 0 Å². The van der Waals surface area contributed by atoms with Crippen LogP contribution in [0.25, 0.3) is 0 Å². The zero-order valence-corrected chi connectivity index (χ0v) is 11.5. The SMILES string of the molecule is CCNc1ncccc1CN(C)CCCCCO. The Morgan fingerprint density at radius 3 is 2.89 bits per heavy atom. The molecule has 0 spiro atoms. The summed E-state index contributed by atoms with van der Waals surface area (Å²) in [5.41, 5.74) is 1.24. The molecule has 1 rings (SSSR count). The van der Waals surface area contributed by atoms with Gasteiger partial charge in [-0.3, -0.25) is 0 Å². The number of aliphatic hydroxyl groups excluding tert-OH is 1. The Labute approximate surface area is 110 Å². The molecule has 0 amide bonds. The van der Waals surface area contributed by atoms with Gasteiger partial charge in [-0.25, -0.2) is 4.98 Å². The third-order valence-corrected chi connectivity index (χ3v) is 2.87. The summed E-state index contributed by atoms with van der Waals surface area (Å²) >= 11 is 0. The summed E-state index contributed by atoms with van der Waals surface area (Å²) in [4.78, 5) is 6.66. The highest BCUT2D eigenvalue weighted by molar-refractivity contribution is 5.43. The molecule has 102 valence electrons. The first-order chi connectivity index (χ1) is 8.77. The van der Waals surface area contributed by atoms with E-state index in [1.54, 1.807) is 0 Å². The summed E-state index contributed by atoms with van der Waals surface area (Å²) in [6, 6.07) is 4.10. The Morgan fingerprint density at radius 2 is 2.17 bits per heavy atom. The van der Waals surface area contributed by atoms with Crippen molar-refractivity contribution >= 4 is 5.82 Å². The highest BCUT2D eigenvalue weighted by Crippen LogP contribution is 2.13. The molecular weight excluding hydrogens is 226 g/mol. The maximum Gasteiger partial charge on any atom is 0.130 e. The monoisotopic (exact) mass is 251 g/mol. The van der Waals surface area contributed by atoms with Crippen LogP contribution in [0.5, 0.6) is 0 Å². The Morgan fingerprint density at radius 1 is 1.33 bits per heavy atom. The lowest BCUT2D eigenvalue weighted by molar-refractivity contribution is 0.271. The summed E-state index contributed by atoms with van der Waals surface area (Å²) < 4.78 is 0. The smallest absolute Gasteiger partial charge is 0.130 e. The molecule has 0 saturated carbocycles. The second kappa shape index (κ2) is 8.89. The lowest BCUT2D eigenvalue weighted by Crippen LogP contribution is -2.20. The minimum atomic E-state index is 0.302. The van der Waals surface area contributed by atoms with Gasteiger partial charge in [0.15, 0.2) is 0 Å². The molecular formula is C14H25N3O. The number of hydrogen-bond donors (Lipinski definition) is 2. The van der Waals surface area contributed by atoms with Crippen molar-refractivity contribution in [2.24, 2.45) is 0 Å². The van der Waals surface area contributed by atoms with Crippen molar-refractivity contribution in [3.63, 3.8) is 0 Å². The van der Waals surface area contributed by atoms with Crippen LogP contribution in [0.15, 0.2) is 18.3 Å². The van der Waals surface area contributed by atoms with E-state index in [2.05, 4.69) is 35.2 Å².